The number of hydrogen-bond donors (Lipinski definition) is 3. The van der Waals surface area contributed by atoms with Gasteiger partial charge in [-0.15, -0.1) is 0 Å². The summed E-state index contributed by atoms with van der Waals surface area (Å²) in [5, 5.41) is 4.10. The van der Waals surface area contributed by atoms with Crippen molar-refractivity contribution in [2.75, 3.05) is 19.0 Å². The zero-order valence-electron chi connectivity index (χ0n) is 20.4. The Morgan fingerprint density at radius 3 is 2.68 bits per heavy atom. The summed E-state index contributed by atoms with van der Waals surface area (Å²) in [6.45, 7) is 0. The molecular formula is C30H24N6O. The van der Waals surface area contributed by atoms with Crippen molar-refractivity contribution in [2.45, 2.75) is 6.04 Å². The minimum absolute atomic E-state index is 0.134. The highest BCUT2D eigenvalue weighted by molar-refractivity contribution is 6.06. The number of aromatic nitrogens is 4. The molecular weight excluding hydrogens is 460 g/mol. The molecule has 0 unspecified atom stereocenters. The van der Waals surface area contributed by atoms with E-state index in [0.29, 0.717) is 11.2 Å². The lowest BCUT2D eigenvalue weighted by Crippen LogP contribution is -2.28. The maximum atomic E-state index is 13.5. The second-order valence-electron chi connectivity index (χ2n) is 9.54. The van der Waals surface area contributed by atoms with Gasteiger partial charge in [-0.2, -0.15) is 0 Å². The van der Waals surface area contributed by atoms with E-state index in [1.165, 1.54) is 0 Å². The first-order valence-electron chi connectivity index (χ1n) is 12.2. The molecule has 7 rings (SSSR count). The Morgan fingerprint density at radius 1 is 0.946 bits per heavy atom. The van der Waals surface area contributed by atoms with E-state index in [1.54, 1.807) is 18.5 Å². The fraction of sp³-hybridized carbons (Fsp3) is 0.100. The highest BCUT2D eigenvalue weighted by Crippen LogP contribution is 2.47. The molecule has 0 fully saturated rings. The lowest BCUT2D eigenvalue weighted by atomic mass is 9.98. The van der Waals surface area contributed by atoms with Gasteiger partial charge in [0.15, 0.2) is 0 Å². The highest BCUT2D eigenvalue weighted by atomic mass is 16.1. The van der Waals surface area contributed by atoms with Gasteiger partial charge >= 0.3 is 0 Å². The number of H-pyrrole nitrogens is 2. The molecule has 1 amide bonds. The number of rotatable bonds is 4. The number of anilines is 1. The van der Waals surface area contributed by atoms with E-state index in [2.05, 4.69) is 61.6 Å². The molecule has 0 bridgehead atoms. The van der Waals surface area contributed by atoms with Gasteiger partial charge in [0.05, 0.1) is 22.6 Å². The number of hydrogen-bond acceptors (Lipinski definition) is 4. The average molecular weight is 485 g/mol. The minimum atomic E-state index is -0.273. The summed E-state index contributed by atoms with van der Waals surface area (Å²) in [5.41, 5.74) is 9.66. The van der Waals surface area contributed by atoms with Gasteiger partial charge in [-0.05, 0) is 52.6 Å². The predicted molar refractivity (Wildman–Crippen MR) is 147 cm³/mol. The maximum absolute atomic E-state index is 13.5. The molecule has 1 aliphatic rings. The zero-order chi connectivity index (χ0) is 25.1. The van der Waals surface area contributed by atoms with Crippen molar-refractivity contribution in [1.82, 2.24) is 25.3 Å². The number of nitrogens with one attached hydrogen (secondary N) is 3. The molecule has 7 nitrogen and oxygen atoms in total. The van der Waals surface area contributed by atoms with Crippen molar-refractivity contribution < 1.29 is 4.79 Å². The molecule has 7 heteroatoms. The largest absolute Gasteiger partial charge is 0.378 e. The first kappa shape index (κ1) is 21.4. The SMILES string of the molecule is CN(C)c1ccc2nc(-c3cccc4c3-c3ccccc3[C@H]4NC(=O)c3ccnc4[nH]ccc34)[nH]c2c1. The van der Waals surface area contributed by atoms with Gasteiger partial charge in [0.1, 0.15) is 11.5 Å². The summed E-state index contributed by atoms with van der Waals surface area (Å²) in [6.07, 6.45) is 3.46. The average Bonchev–Trinajstić information content (AvgIpc) is 3.64. The third-order valence-corrected chi connectivity index (χ3v) is 7.17. The van der Waals surface area contributed by atoms with Gasteiger partial charge in [-0.3, -0.25) is 4.79 Å². The summed E-state index contributed by atoms with van der Waals surface area (Å²) >= 11 is 0. The van der Waals surface area contributed by atoms with Crippen LogP contribution in [-0.4, -0.2) is 39.9 Å². The minimum Gasteiger partial charge on any atom is -0.378 e. The van der Waals surface area contributed by atoms with Crippen molar-refractivity contribution in [3.63, 3.8) is 0 Å². The van der Waals surface area contributed by atoms with E-state index in [4.69, 9.17) is 4.98 Å². The predicted octanol–water partition coefficient (Wildman–Crippen LogP) is 5.67. The number of carbonyl (C=O) groups is 1. The summed E-state index contributed by atoms with van der Waals surface area (Å²) in [5.74, 6) is 0.678. The normalized spacial score (nSPS) is 14.1. The molecule has 3 N–H and O–H groups in total. The molecule has 37 heavy (non-hydrogen) atoms. The van der Waals surface area contributed by atoms with Crippen LogP contribution in [0.4, 0.5) is 5.69 Å². The molecule has 180 valence electrons. The molecule has 3 aromatic carbocycles. The summed E-state index contributed by atoms with van der Waals surface area (Å²) in [4.78, 5) is 31.4. The van der Waals surface area contributed by atoms with Crippen molar-refractivity contribution in [2.24, 2.45) is 0 Å². The highest BCUT2D eigenvalue weighted by Gasteiger charge is 2.32. The molecule has 1 aliphatic carbocycles. The number of fused-ring (bicyclic) bond motifs is 5. The van der Waals surface area contributed by atoms with Crippen LogP contribution >= 0.6 is 0 Å². The van der Waals surface area contributed by atoms with Crippen molar-refractivity contribution in [3.05, 3.63) is 102 Å². The van der Waals surface area contributed by atoms with Crippen LogP contribution in [0.3, 0.4) is 0 Å². The van der Waals surface area contributed by atoms with E-state index in [9.17, 15) is 4.79 Å². The number of imidazole rings is 1. The Balaban J connectivity index is 1.34. The van der Waals surface area contributed by atoms with Gasteiger partial charge in [-0.25, -0.2) is 9.97 Å². The smallest absolute Gasteiger partial charge is 0.252 e. The van der Waals surface area contributed by atoms with Gasteiger partial charge in [0.2, 0.25) is 0 Å². The monoisotopic (exact) mass is 484 g/mol. The van der Waals surface area contributed by atoms with Gasteiger partial charge in [0.25, 0.3) is 5.91 Å². The summed E-state index contributed by atoms with van der Waals surface area (Å²) < 4.78 is 0. The fourth-order valence-electron chi connectivity index (χ4n) is 5.38. The summed E-state index contributed by atoms with van der Waals surface area (Å²) in [6, 6.07) is 24.1. The molecule has 0 saturated carbocycles. The Labute approximate surface area is 213 Å². The van der Waals surface area contributed by atoms with E-state index in [-0.39, 0.29) is 11.9 Å². The molecule has 0 spiro atoms. The number of carbonyl (C=O) groups excluding carboxylic acids is 1. The van der Waals surface area contributed by atoms with Crippen molar-refractivity contribution in [3.8, 4) is 22.5 Å². The molecule has 3 heterocycles. The van der Waals surface area contributed by atoms with Crippen LogP contribution in [0.1, 0.15) is 27.5 Å². The third kappa shape index (κ3) is 3.31. The molecule has 0 saturated heterocycles. The first-order chi connectivity index (χ1) is 18.1. The lowest BCUT2D eigenvalue weighted by molar-refractivity contribution is 0.0945. The van der Waals surface area contributed by atoms with Crippen LogP contribution in [-0.2, 0) is 0 Å². The second-order valence-corrected chi connectivity index (χ2v) is 9.54. The molecule has 1 atom stereocenters. The quantitative estimate of drug-likeness (QED) is 0.301. The van der Waals surface area contributed by atoms with E-state index >= 15 is 0 Å². The Bertz CT molecular complexity index is 1830. The van der Waals surface area contributed by atoms with Crippen LogP contribution in [0.5, 0.6) is 0 Å². The Morgan fingerprint density at radius 2 is 1.78 bits per heavy atom. The number of aromatic amines is 2. The number of pyridine rings is 1. The third-order valence-electron chi connectivity index (χ3n) is 7.17. The lowest BCUT2D eigenvalue weighted by Gasteiger charge is -2.16. The van der Waals surface area contributed by atoms with Crippen molar-refractivity contribution >= 4 is 33.7 Å². The maximum Gasteiger partial charge on any atom is 0.252 e. The first-order valence-corrected chi connectivity index (χ1v) is 12.2. The Hall–Kier alpha value is -4.91. The number of benzene rings is 3. The van der Waals surface area contributed by atoms with Crippen LogP contribution < -0.4 is 10.2 Å². The molecule has 0 radical (unpaired) electrons. The zero-order valence-corrected chi connectivity index (χ0v) is 20.4. The van der Waals surface area contributed by atoms with Crippen molar-refractivity contribution in [1.29, 1.82) is 0 Å². The molecule has 3 aromatic heterocycles. The topological polar surface area (TPSA) is 89.7 Å². The van der Waals surface area contributed by atoms with Gasteiger partial charge in [0, 0.05) is 43.1 Å². The van der Waals surface area contributed by atoms with Gasteiger partial charge < -0.3 is 20.2 Å². The Kier molecular flexibility index (Phi) is 4.66. The van der Waals surface area contributed by atoms with E-state index < -0.39 is 0 Å². The van der Waals surface area contributed by atoms with E-state index in [1.807, 2.05) is 44.4 Å². The van der Waals surface area contributed by atoms with Crippen LogP contribution in [0.25, 0.3) is 44.6 Å². The fourth-order valence-corrected chi connectivity index (χ4v) is 5.38. The van der Waals surface area contributed by atoms with Crippen LogP contribution in [0.2, 0.25) is 0 Å². The van der Waals surface area contributed by atoms with E-state index in [0.717, 1.165) is 55.7 Å². The van der Waals surface area contributed by atoms with Crippen LogP contribution in [0.15, 0.2) is 85.2 Å². The standard InChI is InChI=1S/C30H24N6O/c1-36(2)17-10-11-24-25(16-17)34-29(33-24)23-9-5-8-22-26(23)18-6-3-4-7-19(18)27(22)35-30(37)21-13-15-32-28-20(21)12-14-31-28/h3-16,27H,1-2H3,(H,31,32)(H,33,34)(H,35,37)/t27-/m1/s1. The summed E-state index contributed by atoms with van der Waals surface area (Å²) in [7, 11) is 4.06. The molecule has 0 aliphatic heterocycles. The second kappa shape index (κ2) is 8.06. The number of nitrogens with zero attached hydrogens (tertiary/aromatic N) is 3. The number of amides is 1. The molecule has 6 aromatic rings. The van der Waals surface area contributed by atoms with Crippen LogP contribution in [0, 0.1) is 0 Å². The van der Waals surface area contributed by atoms with Gasteiger partial charge in [-0.1, -0.05) is 42.5 Å².